The molecule has 0 spiro atoms. The molecule has 1 aromatic carbocycles. The predicted octanol–water partition coefficient (Wildman–Crippen LogP) is 2.98. The Balaban J connectivity index is 2.17. The van der Waals surface area contributed by atoms with E-state index >= 15 is 0 Å². The molecular weight excluding hydrogens is 268 g/mol. The van der Waals surface area contributed by atoms with E-state index in [1.807, 2.05) is 37.3 Å². The number of rotatable bonds is 5. The minimum absolute atomic E-state index is 0.183. The van der Waals surface area contributed by atoms with E-state index in [4.69, 9.17) is 15.2 Å². The van der Waals surface area contributed by atoms with Crippen LogP contribution in [0, 0.1) is 0 Å². The number of nitrogens with two attached hydrogens (primary N) is 1. The summed E-state index contributed by atoms with van der Waals surface area (Å²) in [4.78, 5) is 15.9. The molecule has 2 rings (SSSR count). The molecule has 110 valence electrons. The molecule has 2 N–H and O–H groups in total. The van der Waals surface area contributed by atoms with E-state index in [1.165, 1.54) is 12.3 Å². The summed E-state index contributed by atoms with van der Waals surface area (Å²) < 4.78 is 10.7. The molecule has 1 atom stereocenters. The predicted molar refractivity (Wildman–Crippen MR) is 80.1 cm³/mol. The summed E-state index contributed by atoms with van der Waals surface area (Å²) in [6.07, 6.45) is 1.22. The van der Waals surface area contributed by atoms with Crippen molar-refractivity contribution in [3.05, 3.63) is 53.7 Å². The summed E-state index contributed by atoms with van der Waals surface area (Å²) in [5, 5.41) is 0. The van der Waals surface area contributed by atoms with Gasteiger partial charge in [0.15, 0.2) is 0 Å². The molecule has 0 saturated carbocycles. The highest BCUT2D eigenvalue weighted by Gasteiger charge is 2.15. The van der Waals surface area contributed by atoms with Gasteiger partial charge in [0, 0.05) is 6.07 Å². The van der Waals surface area contributed by atoms with E-state index in [9.17, 15) is 4.79 Å². The van der Waals surface area contributed by atoms with Crippen molar-refractivity contribution in [2.75, 3.05) is 12.3 Å². The fourth-order valence-corrected chi connectivity index (χ4v) is 1.87. The van der Waals surface area contributed by atoms with Crippen LogP contribution in [-0.2, 0) is 4.74 Å². The third kappa shape index (κ3) is 3.72. The van der Waals surface area contributed by atoms with Gasteiger partial charge in [0.2, 0.25) is 5.88 Å². The zero-order valence-electron chi connectivity index (χ0n) is 12.1. The molecule has 0 saturated heterocycles. The van der Waals surface area contributed by atoms with Crippen molar-refractivity contribution in [1.82, 2.24) is 4.98 Å². The van der Waals surface area contributed by atoms with Gasteiger partial charge in [-0.25, -0.2) is 9.78 Å². The Bertz CT molecular complexity index is 614. The smallest absolute Gasteiger partial charge is 0.340 e. The maximum absolute atomic E-state index is 11.8. The third-order valence-corrected chi connectivity index (χ3v) is 2.97. The molecule has 0 fully saturated rings. The first kappa shape index (κ1) is 14.8. The zero-order chi connectivity index (χ0) is 15.2. The van der Waals surface area contributed by atoms with Crippen molar-refractivity contribution >= 4 is 11.7 Å². The standard InChI is InChI=1S/C16H18N2O3/c1-3-20-16(19)13-9-15(18-10-14(13)17)21-11(2)12-7-5-4-6-8-12/h4-11H,3,17H2,1-2H3. The number of benzene rings is 1. The normalized spacial score (nSPS) is 11.7. The molecule has 0 amide bonds. The second kappa shape index (κ2) is 6.74. The van der Waals surface area contributed by atoms with Gasteiger partial charge < -0.3 is 15.2 Å². The molecule has 2 aromatic rings. The Morgan fingerprint density at radius 1 is 1.33 bits per heavy atom. The lowest BCUT2D eigenvalue weighted by Gasteiger charge is -2.15. The van der Waals surface area contributed by atoms with Crippen LogP contribution in [0.3, 0.4) is 0 Å². The number of hydrogen-bond acceptors (Lipinski definition) is 5. The molecule has 0 aliphatic carbocycles. The van der Waals surface area contributed by atoms with Gasteiger partial charge in [-0.1, -0.05) is 30.3 Å². The Morgan fingerprint density at radius 3 is 2.71 bits per heavy atom. The van der Waals surface area contributed by atoms with Crippen molar-refractivity contribution in [1.29, 1.82) is 0 Å². The summed E-state index contributed by atoms with van der Waals surface area (Å²) in [6.45, 7) is 3.94. The van der Waals surface area contributed by atoms with Crippen LogP contribution in [0.4, 0.5) is 5.69 Å². The van der Waals surface area contributed by atoms with E-state index in [0.717, 1.165) is 5.56 Å². The van der Waals surface area contributed by atoms with Gasteiger partial charge >= 0.3 is 5.97 Å². The average Bonchev–Trinajstić information content (AvgIpc) is 2.50. The van der Waals surface area contributed by atoms with Crippen LogP contribution in [0.5, 0.6) is 5.88 Å². The number of hydrogen-bond donors (Lipinski definition) is 1. The first-order chi connectivity index (χ1) is 10.1. The van der Waals surface area contributed by atoms with Crippen molar-refractivity contribution in [2.24, 2.45) is 0 Å². The van der Waals surface area contributed by atoms with E-state index in [0.29, 0.717) is 5.88 Å². The second-order valence-electron chi connectivity index (χ2n) is 4.50. The van der Waals surface area contributed by atoms with Crippen LogP contribution in [-0.4, -0.2) is 17.6 Å². The molecule has 0 aliphatic heterocycles. The van der Waals surface area contributed by atoms with E-state index in [1.54, 1.807) is 6.92 Å². The van der Waals surface area contributed by atoms with Crippen molar-refractivity contribution < 1.29 is 14.3 Å². The fourth-order valence-electron chi connectivity index (χ4n) is 1.87. The number of esters is 1. The second-order valence-corrected chi connectivity index (χ2v) is 4.50. The number of ether oxygens (including phenoxy) is 2. The quantitative estimate of drug-likeness (QED) is 0.855. The Kier molecular flexibility index (Phi) is 4.77. The maximum Gasteiger partial charge on any atom is 0.340 e. The van der Waals surface area contributed by atoms with Crippen LogP contribution in [0.1, 0.15) is 35.9 Å². The molecule has 1 aromatic heterocycles. The fraction of sp³-hybridized carbons (Fsp3) is 0.250. The minimum Gasteiger partial charge on any atom is -0.470 e. The summed E-state index contributed by atoms with van der Waals surface area (Å²) in [6, 6.07) is 11.3. The Hall–Kier alpha value is -2.56. The molecule has 21 heavy (non-hydrogen) atoms. The van der Waals surface area contributed by atoms with Crippen LogP contribution in [0.25, 0.3) is 0 Å². The largest absolute Gasteiger partial charge is 0.470 e. The maximum atomic E-state index is 11.8. The average molecular weight is 286 g/mol. The monoisotopic (exact) mass is 286 g/mol. The topological polar surface area (TPSA) is 74.4 Å². The number of carbonyl (C=O) groups is 1. The summed E-state index contributed by atoms with van der Waals surface area (Å²) >= 11 is 0. The molecule has 0 aliphatic rings. The molecule has 5 nitrogen and oxygen atoms in total. The molecule has 0 radical (unpaired) electrons. The highest BCUT2D eigenvalue weighted by Crippen LogP contribution is 2.23. The van der Waals surface area contributed by atoms with Gasteiger partial charge in [0.25, 0.3) is 0 Å². The minimum atomic E-state index is -0.477. The first-order valence-corrected chi connectivity index (χ1v) is 6.76. The summed E-state index contributed by atoms with van der Waals surface area (Å²) in [7, 11) is 0. The number of pyridine rings is 1. The van der Waals surface area contributed by atoms with Gasteiger partial charge in [0.1, 0.15) is 6.10 Å². The number of aromatic nitrogens is 1. The first-order valence-electron chi connectivity index (χ1n) is 6.76. The molecule has 0 bridgehead atoms. The number of nitrogens with zero attached hydrogens (tertiary/aromatic N) is 1. The van der Waals surface area contributed by atoms with Gasteiger partial charge in [-0.15, -0.1) is 0 Å². The molecule has 5 heteroatoms. The molecule has 1 heterocycles. The number of anilines is 1. The molecular formula is C16H18N2O3. The highest BCUT2D eigenvalue weighted by molar-refractivity contribution is 5.95. The van der Waals surface area contributed by atoms with Crippen molar-refractivity contribution in [3.63, 3.8) is 0 Å². The number of carbonyl (C=O) groups excluding carboxylic acids is 1. The van der Waals surface area contributed by atoms with Gasteiger partial charge in [-0.05, 0) is 19.4 Å². The van der Waals surface area contributed by atoms with Crippen LogP contribution in [0.2, 0.25) is 0 Å². The lowest BCUT2D eigenvalue weighted by Crippen LogP contribution is -2.10. The summed E-state index contributed by atoms with van der Waals surface area (Å²) in [5.74, 6) is -0.141. The van der Waals surface area contributed by atoms with Gasteiger partial charge in [-0.2, -0.15) is 0 Å². The van der Waals surface area contributed by atoms with Crippen molar-refractivity contribution in [2.45, 2.75) is 20.0 Å². The third-order valence-electron chi connectivity index (χ3n) is 2.97. The zero-order valence-corrected chi connectivity index (χ0v) is 12.1. The van der Waals surface area contributed by atoms with Crippen LogP contribution in [0.15, 0.2) is 42.6 Å². The van der Waals surface area contributed by atoms with E-state index in [2.05, 4.69) is 4.98 Å². The summed E-state index contributed by atoms with van der Waals surface area (Å²) in [5.41, 5.74) is 7.30. The van der Waals surface area contributed by atoms with E-state index < -0.39 is 5.97 Å². The molecule has 1 unspecified atom stereocenters. The lowest BCUT2D eigenvalue weighted by molar-refractivity contribution is 0.0526. The van der Waals surface area contributed by atoms with Crippen LogP contribution < -0.4 is 10.5 Å². The van der Waals surface area contributed by atoms with Gasteiger partial charge in [-0.3, -0.25) is 0 Å². The SMILES string of the molecule is CCOC(=O)c1cc(OC(C)c2ccccc2)ncc1N. The Morgan fingerprint density at radius 2 is 2.05 bits per heavy atom. The van der Waals surface area contributed by atoms with Gasteiger partial charge in [0.05, 0.1) is 24.1 Å². The lowest BCUT2D eigenvalue weighted by atomic mass is 10.1. The van der Waals surface area contributed by atoms with Crippen LogP contribution >= 0.6 is 0 Å². The van der Waals surface area contributed by atoms with Crippen molar-refractivity contribution in [3.8, 4) is 5.88 Å². The number of nitrogen functional groups attached to an aromatic ring is 1. The Labute approximate surface area is 123 Å². The van der Waals surface area contributed by atoms with E-state index in [-0.39, 0.29) is 24.0 Å². The highest BCUT2D eigenvalue weighted by atomic mass is 16.5.